The minimum atomic E-state index is -4.95. The number of rotatable bonds is 70. The Bertz CT molecular complexity index is 1750. The molecule has 17 nitrogen and oxygen atoms in total. The Morgan fingerprint density at radius 1 is 0.300 bits per heavy atom. The monoisotopic (exact) mass is 1320 g/mol. The van der Waals surface area contributed by atoms with E-state index in [0.717, 1.165) is 108 Å². The molecule has 0 aromatic rings. The van der Waals surface area contributed by atoms with E-state index in [1.54, 1.807) is 0 Å². The van der Waals surface area contributed by atoms with Gasteiger partial charge in [0.1, 0.15) is 19.3 Å². The Labute approximate surface area is 549 Å². The molecule has 19 heteroatoms. The summed E-state index contributed by atoms with van der Waals surface area (Å²) in [5.41, 5.74) is 0. The van der Waals surface area contributed by atoms with Gasteiger partial charge in [0.25, 0.3) is 0 Å². The molecule has 0 aliphatic carbocycles. The zero-order valence-electron chi connectivity index (χ0n) is 58.4. The fourth-order valence-electron chi connectivity index (χ4n) is 10.8. The van der Waals surface area contributed by atoms with Gasteiger partial charge in [0.2, 0.25) is 0 Å². The summed E-state index contributed by atoms with van der Waals surface area (Å²) < 4.78 is 68.3. The van der Waals surface area contributed by atoms with Gasteiger partial charge in [-0.2, -0.15) is 0 Å². The zero-order chi connectivity index (χ0) is 66.5. The highest BCUT2D eigenvalue weighted by Gasteiger charge is 2.30. The summed E-state index contributed by atoms with van der Waals surface area (Å²) in [5, 5.41) is 10.6. The summed E-state index contributed by atoms with van der Waals surface area (Å²) in [6, 6.07) is 0. The third kappa shape index (κ3) is 64.8. The van der Waals surface area contributed by atoms with E-state index in [2.05, 4.69) is 41.5 Å². The van der Waals surface area contributed by atoms with Crippen molar-refractivity contribution in [2.45, 2.75) is 381 Å². The Hall–Kier alpha value is -1.94. The third-order valence-corrected chi connectivity index (χ3v) is 18.4. The third-order valence-electron chi connectivity index (χ3n) is 16.5. The molecule has 90 heavy (non-hydrogen) atoms. The Balaban J connectivity index is 5.23. The topological polar surface area (TPSA) is 237 Å². The number of carbonyl (C=O) groups excluding carboxylic acids is 4. The van der Waals surface area contributed by atoms with Gasteiger partial charge in [0.15, 0.2) is 12.2 Å². The molecule has 0 aromatic heterocycles. The Morgan fingerprint density at radius 2 is 0.511 bits per heavy atom. The van der Waals surface area contributed by atoms with Crippen molar-refractivity contribution in [3.63, 3.8) is 0 Å². The highest BCUT2D eigenvalue weighted by molar-refractivity contribution is 7.47. The molecule has 5 atom stereocenters. The fraction of sp³-hybridized carbons (Fsp3) is 0.944. The van der Waals surface area contributed by atoms with Crippen molar-refractivity contribution in [2.24, 2.45) is 11.8 Å². The lowest BCUT2D eigenvalue weighted by atomic mass is 10.0. The number of esters is 4. The lowest BCUT2D eigenvalue weighted by Crippen LogP contribution is -2.30. The van der Waals surface area contributed by atoms with Crippen LogP contribution in [0.25, 0.3) is 0 Å². The molecular formula is C71H138O17P2. The van der Waals surface area contributed by atoms with Gasteiger partial charge in [-0.15, -0.1) is 0 Å². The van der Waals surface area contributed by atoms with Crippen LogP contribution in [0.2, 0.25) is 0 Å². The maximum atomic E-state index is 13.0. The maximum absolute atomic E-state index is 13.0. The number of aliphatic hydroxyl groups excluding tert-OH is 1. The van der Waals surface area contributed by atoms with Crippen LogP contribution in [0.5, 0.6) is 0 Å². The minimum Gasteiger partial charge on any atom is -0.462 e. The number of phosphoric acid groups is 2. The quantitative estimate of drug-likeness (QED) is 0.0222. The number of phosphoric ester groups is 2. The van der Waals surface area contributed by atoms with Crippen LogP contribution >= 0.6 is 15.6 Å². The normalized spacial score (nSPS) is 14.1. The molecule has 0 spiro atoms. The van der Waals surface area contributed by atoms with E-state index in [0.29, 0.717) is 25.7 Å². The molecule has 0 bridgehead atoms. The van der Waals surface area contributed by atoms with Gasteiger partial charge in [0.05, 0.1) is 26.4 Å². The predicted octanol–water partition coefficient (Wildman–Crippen LogP) is 20.4. The van der Waals surface area contributed by atoms with E-state index in [4.69, 9.17) is 37.0 Å². The maximum Gasteiger partial charge on any atom is 0.472 e. The zero-order valence-corrected chi connectivity index (χ0v) is 60.2. The number of aliphatic hydroxyl groups is 1. The van der Waals surface area contributed by atoms with Crippen molar-refractivity contribution in [1.29, 1.82) is 0 Å². The van der Waals surface area contributed by atoms with Crippen LogP contribution in [0.1, 0.15) is 363 Å². The first-order valence-corrected chi connectivity index (χ1v) is 40.0. The van der Waals surface area contributed by atoms with Gasteiger partial charge in [-0.25, -0.2) is 9.13 Å². The molecule has 0 heterocycles. The molecule has 0 radical (unpaired) electrons. The number of hydrogen-bond donors (Lipinski definition) is 3. The second kappa shape index (κ2) is 63.1. The van der Waals surface area contributed by atoms with Crippen LogP contribution in [0.15, 0.2) is 0 Å². The molecule has 3 N–H and O–H groups in total. The van der Waals surface area contributed by atoms with Gasteiger partial charge in [-0.1, -0.05) is 311 Å². The largest absolute Gasteiger partial charge is 0.472 e. The Kier molecular flexibility index (Phi) is 61.8. The van der Waals surface area contributed by atoms with Crippen LogP contribution in [-0.2, 0) is 65.4 Å². The summed E-state index contributed by atoms with van der Waals surface area (Å²) in [5.74, 6) is -0.565. The summed E-state index contributed by atoms with van der Waals surface area (Å²) in [6.45, 7) is 9.56. The van der Waals surface area contributed by atoms with Gasteiger partial charge < -0.3 is 33.8 Å². The van der Waals surface area contributed by atoms with Crippen molar-refractivity contribution in [2.75, 3.05) is 39.6 Å². The van der Waals surface area contributed by atoms with E-state index >= 15 is 0 Å². The van der Waals surface area contributed by atoms with Crippen LogP contribution in [0.3, 0.4) is 0 Å². The average Bonchev–Trinajstić information content (AvgIpc) is 3.32. The molecule has 0 saturated carbocycles. The number of carbonyl (C=O) groups is 4. The second-order valence-corrected chi connectivity index (χ2v) is 29.5. The summed E-state index contributed by atoms with van der Waals surface area (Å²) in [6.07, 6.45) is 48.5. The van der Waals surface area contributed by atoms with Crippen molar-refractivity contribution >= 4 is 39.5 Å². The van der Waals surface area contributed by atoms with Gasteiger partial charge in [0, 0.05) is 25.7 Å². The molecule has 534 valence electrons. The van der Waals surface area contributed by atoms with Crippen LogP contribution < -0.4 is 0 Å². The van der Waals surface area contributed by atoms with Crippen molar-refractivity contribution in [3.8, 4) is 0 Å². The lowest BCUT2D eigenvalue weighted by molar-refractivity contribution is -0.161. The van der Waals surface area contributed by atoms with Crippen molar-refractivity contribution in [3.05, 3.63) is 0 Å². The van der Waals surface area contributed by atoms with Crippen LogP contribution in [-0.4, -0.2) is 96.7 Å². The van der Waals surface area contributed by atoms with Crippen molar-refractivity contribution in [1.82, 2.24) is 0 Å². The smallest absolute Gasteiger partial charge is 0.462 e. The molecule has 2 unspecified atom stereocenters. The molecule has 0 fully saturated rings. The second-order valence-electron chi connectivity index (χ2n) is 26.6. The van der Waals surface area contributed by atoms with Gasteiger partial charge in [-0.05, 0) is 37.5 Å². The highest BCUT2D eigenvalue weighted by atomic mass is 31.2. The molecular weight excluding hydrogens is 1190 g/mol. The number of ether oxygens (including phenoxy) is 4. The van der Waals surface area contributed by atoms with E-state index in [9.17, 15) is 43.2 Å². The first kappa shape index (κ1) is 88.1. The van der Waals surface area contributed by atoms with Gasteiger partial charge >= 0.3 is 39.5 Å². The van der Waals surface area contributed by atoms with E-state index in [-0.39, 0.29) is 25.7 Å². The number of hydrogen-bond acceptors (Lipinski definition) is 15. The molecule has 0 aromatic carbocycles. The fourth-order valence-corrected chi connectivity index (χ4v) is 12.3. The molecule has 0 amide bonds. The first-order chi connectivity index (χ1) is 43.4. The van der Waals surface area contributed by atoms with Crippen molar-refractivity contribution < 1.29 is 80.2 Å². The summed E-state index contributed by atoms with van der Waals surface area (Å²) in [4.78, 5) is 72.5. The Morgan fingerprint density at radius 3 is 0.756 bits per heavy atom. The average molecular weight is 1330 g/mol. The molecule has 0 rings (SSSR count). The lowest BCUT2D eigenvalue weighted by Gasteiger charge is -2.21. The minimum absolute atomic E-state index is 0.107. The predicted molar refractivity (Wildman–Crippen MR) is 363 cm³/mol. The van der Waals surface area contributed by atoms with E-state index in [1.807, 2.05) is 0 Å². The summed E-state index contributed by atoms with van der Waals surface area (Å²) in [7, 11) is -9.90. The molecule has 0 aliphatic heterocycles. The SMILES string of the molecule is CCCCCCCCCCCCCCC(=O)O[C@H](COC(=O)CCCCCCCCCC)COP(=O)(O)OC[C@H](O)COP(=O)(O)OC[C@@H](COC(=O)CCCCCCCCCCCCCCC(C)C)OC(=O)CCCCCCCCCCCCCCC(C)C. The standard InChI is InChI=1S/C71H138O17P2/c1-7-9-11-13-15-17-18-25-31-37-43-49-55-70(75)87-66(59-81-68(73)53-47-41-35-16-14-12-10-8-2)61-85-89(77,78)83-57-65(72)58-84-90(79,80)86-62-67(88-71(76)56-50-44-38-32-27-22-20-24-29-34-40-46-52-64(5)6)60-82-69(74)54-48-42-36-30-26-21-19-23-28-33-39-45-51-63(3)4/h63-67,72H,7-62H2,1-6H3,(H,77,78)(H,79,80)/t65-,66+,67+/m0/s1. The summed E-state index contributed by atoms with van der Waals surface area (Å²) >= 11 is 0. The van der Waals surface area contributed by atoms with Crippen LogP contribution in [0, 0.1) is 11.8 Å². The molecule has 0 aliphatic rings. The van der Waals surface area contributed by atoms with E-state index in [1.165, 1.54) is 173 Å². The highest BCUT2D eigenvalue weighted by Crippen LogP contribution is 2.45. The van der Waals surface area contributed by atoms with E-state index < -0.39 is 97.5 Å². The first-order valence-electron chi connectivity index (χ1n) is 37.0. The van der Waals surface area contributed by atoms with Crippen LogP contribution in [0.4, 0.5) is 0 Å². The van der Waals surface area contributed by atoms with Gasteiger partial charge in [-0.3, -0.25) is 37.3 Å². The molecule has 0 saturated heterocycles. The number of unbranched alkanes of at least 4 members (excludes halogenated alkanes) is 40.